The first-order chi connectivity index (χ1) is 57.0. The van der Waals surface area contributed by atoms with Crippen LogP contribution in [0.2, 0.25) is 0 Å². The number of nitrogens with zero attached hydrogens (tertiary/aromatic N) is 3. The second-order valence-corrected chi connectivity index (χ2v) is 28.8. The molecule has 0 radical (unpaired) electrons. The van der Waals surface area contributed by atoms with Crippen molar-refractivity contribution >= 4 is 101 Å². The van der Waals surface area contributed by atoms with Crippen LogP contribution in [0.4, 0.5) is 51.2 Å². The van der Waals surface area contributed by atoms with Gasteiger partial charge in [0, 0.05) is 56.6 Å². The fourth-order valence-corrected chi connectivity index (χ4v) is 15.4. The Morgan fingerprint density at radius 1 is 0.198 bits per heavy atom. The molecule has 0 atom stereocenters. The molecule has 0 amide bonds. The smallest absolute Gasteiger partial charge is 0.343 e. The highest BCUT2D eigenvalue weighted by molar-refractivity contribution is 5.96. The molecular formula is C107H75N3O6. The first-order valence-electron chi connectivity index (χ1n) is 38.7. The van der Waals surface area contributed by atoms with Gasteiger partial charge in [-0.2, -0.15) is 0 Å². The molecule has 18 rings (SSSR count). The van der Waals surface area contributed by atoms with Crippen LogP contribution in [-0.2, 0) is 5.41 Å². The van der Waals surface area contributed by atoms with E-state index in [1.54, 1.807) is 72.8 Å². The van der Waals surface area contributed by atoms with Crippen molar-refractivity contribution in [2.45, 2.75) is 12.3 Å². The highest BCUT2D eigenvalue weighted by atomic mass is 16.5. The molecule has 0 aliphatic heterocycles. The summed E-state index contributed by atoms with van der Waals surface area (Å²) in [5.41, 5.74) is 18.2. The van der Waals surface area contributed by atoms with E-state index < -0.39 is 23.3 Å². The van der Waals surface area contributed by atoms with E-state index >= 15 is 0 Å². The third-order valence-electron chi connectivity index (χ3n) is 21.7. The fraction of sp³-hybridized carbons (Fsp3) is 0.0187. The summed E-state index contributed by atoms with van der Waals surface area (Å²) in [6.07, 6.45) is 0. The van der Waals surface area contributed by atoms with Gasteiger partial charge in [-0.05, 0) is 271 Å². The molecule has 18 aromatic rings. The van der Waals surface area contributed by atoms with Gasteiger partial charge in [0.15, 0.2) is 0 Å². The van der Waals surface area contributed by atoms with E-state index in [0.717, 1.165) is 117 Å². The minimum atomic E-state index is -0.855. The Balaban J connectivity index is 0.571. The molecule has 0 N–H and O–H groups in total. The largest absolute Gasteiger partial charge is 0.423 e. The van der Waals surface area contributed by atoms with Crippen LogP contribution in [0.1, 0.15) is 54.7 Å². The van der Waals surface area contributed by atoms with E-state index in [-0.39, 0.29) is 0 Å². The van der Waals surface area contributed by atoms with Crippen molar-refractivity contribution in [1.82, 2.24) is 0 Å². The van der Waals surface area contributed by atoms with Crippen LogP contribution in [0.3, 0.4) is 0 Å². The molecular weight excluding hydrogens is 1420 g/mol. The Bertz CT molecular complexity index is 5910. The fourth-order valence-electron chi connectivity index (χ4n) is 15.4. The van der Waals surface area contributed by atoms with Crippen LogP contribution in [-0.4, -0.2) is 17.9 Å². The molecule has 0 heterocycles. The lowest BCUT2D eigenvalue weighted by atomic mass is 9.71. The predicted octanol–water partition coefficient (Wildman–Crippen LogP) is 27.6. The van der Waals surface area contributed by atoms with Gasteiger partial charge in [-0.15, -0.1) is 0 Å². The number of carbonyl (C=O) groups is 3. The monoisotopic (exact) mass is 1500 g/mol. The quantitative estimate of drug-likeness (QED) is 0.0396. The molecule has 0 fully saturated rings. The lowest BCUT2D eigenvalue weighted by Gasteiger charge is -2.32. The molecule has 0 saturated heterocycles. The van der Waals surface area contributed by atoms with Crippen molar-refractivity contribution in [2.24, 2.45) is 0 Å². The zero-order valence-electron chi connectivity index (χ0n) is 63.4. The second-order valence-electron chi connectivity index (χ2n) is 28.8. The Kier molecular flexibility index (Phi) is 20.0. The Labute approximate surface area is 673 Å². The van der Waals surface area contributed by atoms with Crippen LogP contribution in [0.15, 0.2) is 437 Å². The van der Waals surface area contributed by atoms with Crippen molar-refractivity contribution < 1.29 is 28.6 Å². The maximum atomic E-state index is 14.0. The highest BCUT2D eigenvalue weighted by Crippen LogP contribution is 2.44. The van der Waals surface area contributed by atoms with Gasteiger partial charge in [0.25, 0.3) is 0 Å². The summed E-state index contributed by atoms with van der Waals surface area (Å²) in [6, 6.07) is 146. The van der Waals surface area contributed by atoms with Crippen LogP contribution in [0, 0.1) is 0 Å². The number of benzene rings is 18. The number of fused-ring (bicyclic) bond motifs is 3. The SMILES string of the molecule is CC(c1ccc(OC(=O)c2ccc(-c3ccc(N(c4ccccc4)c4ccc5ccccc5c4)cc3)cc2)cc1)(c1ccc(OC(=O)c2ccc(-c3ccc(N(c4ccccc4)c4ccc5ccccc5c4)cc3)cc2)cc1)c1ccc(OC(=O)c2ccc(-c3ccc(N(c4ccccc4)c4ccc5ccccc5c4)cc3)cc2)cc1. The third kappa shape index (κ3) is 15.2. The number of ether oxygens (including phenoxy) is 3. The summed E-state index contributed by atoms with van der Waals surface area (Å²) in [6.45, 7) is 2.11. The Hall–Kier alpha value is -15.5. The molecule has 18 aromatic carbocycles. The Morgan fingerprint density at radius 3 is 0.638 bits per heavy atom. The van der Waals surface area contributed by atoms with Crippen LogP contribution in [0.25, 0.3) is 65.7 Å². The molecule has 554 valence electrons. The lowest BCUT2D eigenvalue weighted by molar-refractivity contribution is 0.0725. The minimum absolute atomic E-state index is 0.363. The molecule has 0 bridgehead atoms. The summed E-state index contributed by atoms with van der Waals surface area (Å²) in [5, 5.41) is 7.04. The van der Waals surface area contributed by atoms with Gasteiger partial charge in [0.05, 0.1) is 16.7 Å². The number of hydrogen-bond acceptors (Lipinski definition) is 9. The zero-order chi connectivity index (χ0) is 78.3. The summed E-state index contributed by atoms with van der Waals surface area (Å²) in [4.78, 5) is 48.7. The van der Waals surface area contributed by atoms with Crippen molar-refractivity contribution in [3.63, 3.8) is 0 Å². The Morgan fingerprint density at radius 2 is 0.397 bits per heavy atom. The van der Waals surface area contributed by atoms with E-state index in [9.17, 15) is 14.4 Å². The van der Waals surface area contributed by atoms with Gasteiger partial charge >= 0.3 is 17.9 Å². The van der Waals surface area contributed by atoms with E-state index in [0.29, 0.717) is 33.9 Å². The zero-order valence-corrected chi connectivity index (χ0v) is 63.4. The maximum absolute atomic E-state index is 14.0. The van der Waals surface area contributed by atoms with E-state index in [4.69, 9.17) is 14.2 Å². The number of rotatable bonds is 21. The summed E-state index contributed by atoms with van der Waals surface area (Å²) < 4.78 is 18.2. The second kappa shape index (κ2) is 32.1. The van der Waals surface area contributed by atoms with E-state index in [1.165, 1.54) is 16.2 Å². The van der Waals surface area contributed by atoms with Gasteiger partial charge in [-0.3, -0.25) is 0 Å². The van der Waals surface area contributed by atoms with Crippen molar-refractivity contribution in [3.8, 4) is 50.6 Å². The lowest BCUT2D eigenvalue weighted by Crippen LogP contribution is -2.25. The number of para-hydroxylation sites is 3. The maximum Gasteiger partial charge on any atom is 0.343 e. The molecule has 0 saturated carbocycles. The standard InChI is InChI=1S/C107H75N3O6/c1-107(89-50-65-101(66-51-89)114-104(111)83-35-29-77(30-36-83)80-41-56-95(57-42-80)108(92-23-5-2-6-24-92)98-62-47-74-17-11-14-20-86(74)71-98,90-52-67-102(68-53-90)115-105(112)84-37-31-78(32-38-84)81-43-58-96(59-44-81)109(93-25-7-3-8-26-93)99-63-48-75-18-12-15-21-87(75)72-99)91-54-69-103(70-55-91)116-106(113)85-39-33-79(34-40-85)82-45-60-97(61-46-82)110(94-27-9-4-10-28-94)100-64-49-76-19-13-16-22-88(76)73-100/h2-73H,1H3. The summed E-state index contributed by atoms with van der Waals surface area (Å²) in [7, 11) is 0. The molecule has 0 unspecified atom stereocenters. The predicted molar refractivity (Wildman–Crippen MR) is 472 cm³/mol. The van der Waals surface area contributed by atoms with Crippen LogP contribution in [0.5, 0.6) is 17.2 Å². The van der Waals surface area contributed by atoms with E-state index in [2.05, 4.69) is 258 Å². The number of esters is 3. The molecule has 0 spiro atoms. The molecule has 9 heteroatoms. The van der Waals surface area contributed by atoms with Crippen molar-refractivity contribution in [1.29, 1.82) is 0 Å². The van der Waals surface area contributed by atoms with Crippen LogP contribution < -0.4 is 28.9 Å². The topological polar surface area (TPSA) is 88.6 Å². The van der Waals surface area contributed by atoms with Gasteiger partial charge in [0.1, 0.15) is 17.2 Å². The number of hydrogen-bond donors (Lipinski definition) is 0. The minimum Gasteiger partial charge on any atom is -0.423 e. The first-order valence-corrected chi connectivity index (χ1v) is 38.7. The summed E-state index contributed by atoms with van der Waals surface area (Å²) >= 11 is 0. The number of anilines is 9. The average Bonchev–Trinajstić information content (AvgIpc) is 0.760. The molecule has 0 aromatic heterocycles. The van der Waals surface area contributed by atoms with Gasteiger partial charge in [-0.1, -0.05) is 255 Å². The van der Waals surface area contributed by atoms with Gasteiger partial charge < -0.3 is 28.9 Å². The normalized spacial score (nSPS) is 11.2. The van der Waals surface area contributed by atoms with Crippen molar-refractivity contribution in [2.75, 3.05) is 14.7 Å². The van der Waals surface area contributed by atoms with Crippen molar-refractivity contribution in [3.05, 3.63) is 470 Å². The molecule has 0 aliphatic rings. The number of carbonyl (C=O) groups excluding carboxylic acids is 3. The first kappa shape index (κ1) is 72.1. The third-order valence-corrected chi connectivity index (χ3v) is 21.7. The molecule has 9 nitrogen and oxygen atoms in total. The molecule has 0 aliphatic carbocycles. The van der Waals surface area contributed by atoms with Crippen LogP contribution >= 0.6 is 0 Å². The summed E-state index contributed by atoms with van der Waals surface area (Å²) in [5.74, 6) is -0.403. The van der Waals surface area contributed by atoms with Gasteiger partial charge in [-0.25, -0.2) is 14.4 Å². The van der Waals surface area contributed by atoms with Gasteiger partial charge in [0.2, 0.25) is 0 Å². The highest BCUT2D eigenvalue weighted by Gasteiger charge is 2.32. The van der Waals surface area contributed by atoms with E-state index in [1.807, 2.05) is 127 Å². The molecule has 116 heavy (non-hydrogen) atoms. The average molecular weight is 1500 g/mol.